The molecule has 0 aliphatic carbocycles. The minimum Gasteiger partial charge on any atom is -0.497 e. The van der Waals surface area contributed by atoms with E-state index in [4.69, 9.17) is 4.74 Å². The van der Waals surface area contributed by atoms with Gasteiger partial charge in [0.25, 0.3) is 0 Å². The highest BCUT2D eigenvalue weighted by Gasteiger charge is 2.18. The number of aryl methyl sites for hydroxylation is 2. The Balaban J connectivity index is 1.53. The fourth-order valence-corrected chi connectivity index (χ4v) is 4.02. The first-order chi connectivity index (χ1) is 15.8. The lowest BCUT2D eigenvalue weighted by Crippen LogP contribution is -2.29. The normalized spacial score (nSPS) is 11.7. The van der Waals surface area contributed by atoms with Gasteiger partial charge < -0.3 is 19.9 Å². The maximum atomic E-state index is 12.5. The van der Waals surface area contributed by atoms with Gasteiger partial charge in [0.2, 0.25) is 11.8 Å². The number of methoxy groups -OCH3 is 1. The number of benzene rings is 2. The molecule has 1 atom stereocenters. The molecular weight excluding hydrogens is 438 g/mol. The number of aromatic nitrogens is 3. The van der Waals surface area contributed by atoms with E-state index < -0.39 is 0 Å². The molecule has 174 valence electrons. The molecule has 0 bridgehead atoms. The van der Waals surface area contributed by atoms with Crippen LogP contribution >= 0.6 is 11.8 Å². The van der Waals surface area contributed by atoms with Gasteiger partial charge in [-0.1, -0.05) is 36.0 Å². The maximum Gasteiger partial charge on any atom is 0.234 e. The van der Waals surface area contributed by atoms with Gasteiger partial charge in [-0.05, 0) is 55.7 Å². The summed E-state index contributed by atoms with van der Waals surface area (Å²) in [5.41, 5.74) is 3.81. The van der Waals surface area contributed by atoms with Gasteiger partial charge in [0.15, 0.2) is 11.0 Å². The molecule has 1 aromatic heterocycles. The zero-order chi connectivity index (χ0) is 24.0. The van der Waals surface area contributed by atoms with Gasteiger partial charge in [0.1, 0.15) is 5.75 Å². The molecule has 1 heterocycles. The number of carbonyl (C=O) groups excluding carboxylic acids is 2. The van der Waals surface area contributed by atoms with Gasteiger partial charge in [0, 0.05) is 12.7 Å². The summed E-state index contributed by atoms with van der Waals surface area (Å²) in [6.07, 6.45) is 0.256. The zero-order valence-electron chi connectivity index (χ0n) is 19.5. The van der Waals surface area contributed by atoms with Gasteiger partial charge >= 0.3 is 0 Å². The van der Waals surface area contributed by atoms with Gasteiger partial charge in [0.05, 0.1) is 25.3 Å². The van der Waals surface area contributed by atoms with Gasteiger partial charge in [-0.2, -0.15) is 0 Å². The Bertz CT molecular complexity index is 1130. The Kier molecular flexibility index (Phi) is 8.11. The average Bonchev–Trinajstić information content (AvgIpc) is 3.15. The van der Waals surface area contributed by atoms with Crippen LogP contribution in [0.25, 0.3) is 0 Å². The lowest BCUT2D eigenvalue weighted by molar-refractivity contribution is -0.121. The van der Waals surface area contributed by atoms with Gasteiger partial charge in [-0.15, -0.1) is 10.2 Å². The Morgan fingerprint density at radius 1 is 1.09 bits per heavy atom. The summed E-state index contributed by atoms with van der Waals surface area (Å²) in [6.45, 7) is 5.81. The molecule has 0 saturated carbocycles. The highest BCUT2D eigenvalue weighted by atomic mass is 32.2. The van der Waals surface area contributed by atoms with Crippen LogP contribution in [0.2, 0.25) is 0 Å². The van der Waals surface area contributed by atoms with Crippen molar-refractivity contribution in [2.75, 3.05) is 18.2 Å². The molecule has 0 radical (unpaired) electrons. The minimum atomic E-state index is -0.327. The third-order valence-corrected chi connectivity index (χ3v) is 6.18. The maximum absolute atomic E-state index is 12.5. The van der Waals surface area contributed by atoms with Crippen molar-refractivity contribution in [3.05, 3.63) is 65.0 Å². The number of hydrogen-bond donors (Lipinski definition) is 2. The van der Waals surface area contributed by atoms with Crippen LogP contribution in [-0.4, -0.2) is 39.4 Å². The summed E-state index contributed by atoms with van der Waals surface area (Å²) in [5, 5.41) is 14.9. The second kappa shape index (κ2) is 11.0. The van der Waals surface area contributed by atoms with Gasteiger partial charge in [-0.25, -0.2) is 0 Å². The fourth-order valence-electron chi connectivity index (χ4n) is 3.30. The van der Waals surface area contributed by atoms with E-state index in [0.717, 1.165) is 28.1 Å². The van der Waals surface area contributed by atoms with E-state index >= 15 is 0 Å². The molecule has 9 heteroatoms. The van der Waals surface area contributed by atoms with Crippen molar-refractivity contribution in [1.82, 2.24) is 20.1 Å². The average molecular weight is 468 g/mol. The van der Waals surface area contributed by atoms with Crippen molar-refractivity contribution in [3.63, 3.8) is 0 Å². The lowest BCUT2D eigenvalue weighted by Gasteiger charge is -2.14. The van der Waals surface area contributed by atoms with Crippen molar-refractivity contribution in [2.45, 2.75) is 38.4 Å². The predicted octanol–water partition coefficient (Wildman–Crippen LogP) is 3.59. The molecule has 0 saturated heterocycles. The van der Waals surface area contributed by atoms with E-state index in [0.29, 0.717) is 11.0 Å². The van der Waals surface area contributed by atoms with Crippen LogP contribution in [0.15, 0.2) is 47.6 Å². The van der Waals surface area contributed by atoms with Crippen molar-refractivity contribution in [3.8, 4) is 5.75 Å². The second-order valence-electron chi connectivity index (χ2n) is 7.87. The fraction of sp³-hybridized carbons (Fsp3) is 0.333. The first-order valence-corrected chi connectivity index (χ1v) is 11.6. The topological polar surface area (TPSA) is 98.1 Å². The largest absolute Gasteiger partial charge is 0.497 e. The first kappa shape index (κ1) is 24.3. The van der Waals surface area contributed by atoms with Crippen LogP contribution in [0, 0.1) is 13.8 Å². The van der Waals surface area contributed by atoms with Crippen molar-refractivity contribution in [1.29, 1.82) is 0 Å². The molecule has 0 spiro atoms. The van der Waals surface area contributed by atoms with Crippen LogP contribution in [0.3, 0.4) is 0 Å². The molecule has 0 aliphatic rings. The van der Waals surface area contributed by atoms with Crippen LogP contribution in [-0.2, 0) is 23.1 Å². The smallest absolute Gasteiger partial charge is 0.234 e. The highest BCUT2D eigenvalue weighted by Crippen LogP contribution is 2.21. The first-order valence-electron chi connectivity index (χ1n) is 10.6. The summed E-state index contributed by atoms with van der Waals surface area (Å²) < 4.78 is 6.94. The molecule has 2 amide bonds. The zero-order valence-corrected chi connectivity index (χ0v) is 20.3. The number of amides is 2. The Labute approximate surface area is 198 Å². The van der Waals surface area contributed by atoms with E-state index in [1.165, 1.54) is 11.8 Å². The van der Waals surface area contributed by atoms with E-state index in [-0.39, 0.29) is 30.0 Å². The summed E-state index contributed by atoms with van der Waals surface area (Å²) in [7, 11) is 3.43. The molecule has 3 rings (SSSR count). The standard InChI is InChI=1S/C24H29N5O3S/c1-15-6-7-16(2)20(12-15)26-22(31)14-33-24-28-27-23(29(24)4)17(3)25-21(30)13-18-8-10-19(32-5)11-9-18/h6-12,17H,13-14H2,1-5H3,(H,25,30)(H,26,31)/t17-/m0/s1. The molecule has 0 fully saturated rings. The quantitative estimate of drug-likeness (QED) is 0.467. The van der Waals surface area contributed by atoms with E-state index in [1.54, 1.807) is 11.7 Å². The van der Waals surface area contributed by atoms with Crippen LogP contribution < -0.4 is 15.4 Å². The van der Waals surface area contributed by atoms with Crippen LogP contribution in [0.4, 0.5) is 5.69 Å². The monoisotopic (exact) mass is 467 g/mol. The molecule has 0 unspecified atom stereocenters. The number of thioether (sulfide) groups is 1. The lowest BCUT2D eigenvalue weighted by atomic mass is 10.1. The summed E-state index contributed by atoms with van der Waals surface area (Å²) in [5.74, 6) is 1.35. The molecule has 2 N–H and O–H groups in total. The number of carbonyl (C=O) groups is 2. The van der Waals surface area contributed by atoms with Crippen LogP contribution in [0.1, 0.15) is 35.5 Å². The number of anilines is 1. The second-order valence-corrected chi connectivity index (χ2v) is 8.81. The third kappa shape index (κ3) is 6.58. The molecule has 3 aromatic rings. The summed E-state index contributed by atoms with van der Waals surface area (Å²) in [6, 6.07) is 13.0. The molecule has 2 aromatic carbocycles. The molecule has 0 aliphatic heterocycles. The van der Waals surface area contributed by atoms with Crippen molar-refractivity contribution in [2.24, 2.45) is 7.05 Å². The molecular formula is C24H29N5O3S. The molecule has 8 nitrogen and oxygen atoms in total. The summed E-state index contributed by atoms with van der Waals surface area (Å²) in [4.78, 5) is 24.9. The summed E-state index contributed by atoms with van der Waals surface area (Å²) >= 11 is 1.30. The number of ether oxygens (including phenoxy) is 1. The van der Waals surface area contributed by atoms with E-state index in [1.807, 2.05) is 70.3 Å². The predicted molar refractivity (Wildman–Crippen MR) is 130 cm³/mol. The van der Waals surface area contributed by atoms with E-state index in [9.17, 15) is 9.59 Å². The van der Waals surface area contributed by atoms with Gasteiger partial charge in [-0.3, -0.25) is 9.59 Å². The Morgan fingerprint density at radius 3 is 2.52 bits per heavy atom. The number of nitrogens with zero attached hydrogens (tertiary/aromatic N) is 3. The number of rotatable bonds is 9. The number of nitrogens with one attached hydrogen (secondary N) is 2. The Morgan fingerprint density at radius 2 is 1.82 bits per heavy atom. The minimum absolute atomic E-state index is 0.112. The Hall–Kier alpha value is -3.33. The van der Waals surface area contributed by atoms with E-state index in [2.05, 4.69) is 20.8 Å². The number of hydrogen-bond acceptors (Lipinski definition) is 6. The van der Waals surface area contributed by atoms with Crippen molar-refractivity contribution < 1.29 is 14.3 Å². The SMILES string of the molecule is COc1ccc(CC(=O)N[C@@H](C)c2nnc(SCC(=O)Nc3cc(C)ccc3C)n2C)cc1. The third-order valence-electron chi connectivity index (χ3n) is 5.16. The van der Waals surface area contributed by atoms with Crippen molar-refractivity contribution >= 4 is 29.3 Å². The highest BCUT2D eigenvalue weighted by molar-refractivity contribution is 7.99. The molecule has 33 heavy (non-hydrogen) atoms. The van der Waals surface area contributed by atoms with Crippen LogP contribution in [0.5, 0.6) is 5.75 Å².